The third-order valence-corrected chi connectivity index (χ3v) is 4.69. The smallest absolute Gasteiger partial charge is 0.243 e. The maximum absolute atomic E-state index is 12.0. The Kier molecular flexibility index (Phi) is 7.14. The molecular formula is C20H16Cl3N3O3. The maximum Gasteiger partial charge on any atom is 0.243 e. The number of aryl methyl sites for hydroxylation is 1. The van der Waals surface area contributed by atoms with E-state index in [-0.39, 0.29) is 31.2 Å². The summed E-state index contributed by atoms with van der Waals surface area (Å²) in [5.74, 6) is 0.258. The lowest BCUT2D eigenvalue weighted by molar-refractivity contribution is -0.124. The number of nitrogens with zero attached hydrogens (tertiary/aromatic N) is 1. The van der Waals surface area contributed by atoms with Gasteiger partial charge in [-0.05, 0) is 42.5 Å². The van der Waals surface area contributed by atoms with Gasteiger partial charge in [0.2, 0.25) is 11.8 Å². The summed E-state index contributed by atoms with van der Waals surface area (Å²) in [6.45, 7) is -0.140. The predicted molar refractivity (Wildman–Crippen MR) is 113 cm³/mol. The summed E-state index contributed by atoms with van der Waals surface area (Å²) in [6.07, 6.45) is 1.96. The van der Waals surface area contributed by atoms with Crippen LogP contribution in [0.25, 0.3) is 11.3 Å². The van der Waals surface area contributed by atoms with Crippen LogP contribution in [0.1, 0.15) is 12.3 Å². The van der Waals surface area contributed by atoms with Crippen molar-refractivity contribution in [2.24, 2.45) is 0 Å². The second-order valence-electron chi connectivity index (χ2n) is 6.07. The van der Waals surface area contributed by atoms with Gasteiger partial charge in [-0.25, -0.2) is 4.98 Å². The molecule has 3 aromatic rings. The fourth-order valence-corrected chi connectivity index (χ4v) is 3.09. The molecule has 6 nitrogen and oxygen atoms in total. The Morgan fingerprint density at radius 2 is 1.69 bits per heavy atom. The second kappa shape index (κ2) is 9.78. The van der Waals surface area contributed by atoms with Crippen LogP contribution in [0.15, 0.2) is 53.1 Å². The molecule has 150 valence electrons. The lowest BCUT2D eigenvalue weighted by Crippen LogP contribution is -2.32. The lowest BCUT2D eigenvalue weighted by atomic mass is 10.2. The highest BCUT2D eigenvalue weighted by atomic mass is 35.5. The summed E-state index contributed by atoms with van der Waals surface area (Å²) in [5.41, 5.74) is 1.26. The molecule has 9 heteroatoms. The van der Waals surface area contributed by atoms with Crippen LogP contribution in [0.3, 0.4) is 0 Å². The first-order valence-electron chi connectivity index (χ1n) is 8.63. The molecule has 2 aromatic carbocycles. The van der Waals surface area contributed by atoms with E-state index in [4.69, 9.17) is 39.2 Å². The van der Waals surface area contributed by atoms with Crippen molar-refractivity contribution in [2.45, 2.75) is 12.8 Å². The van der Waals surface area contributed by atoms with E-state index in [2.05, 4.69) is 15.6 Å². The van der Waals surface area contributed by atoms with Gasteiger partial charge in [0.25, 0.3) is 0 Å². The number of halogens is 3. The molecule has 0 fully saturated rings. The van der Waals surface area contributed by atoms with Crippen LogP contribution >= 0.6 is 34.8 Å². The number of hydrogen-bond donors (Lipinski definition) is 2. The molecule has 0 radical (unpaired) electrons. The van der Waals surface area contributed by atoms with Gasteiger partial charge in [-0.2, -0.15) is 0 Å². The molecule has 0 saturated carbocycles. The zero-order valence-electron chi connectivity index (χ0n) is 15.0. The average molecular weight is 453 g/mol. The molecule has 0 unspecified atom stereocenters. The van der Waals surface area contributed by atoms with E-state index in [1.165, 1.54) is 0 Å². The summed E-state index contributed by atoms with van der Waals surface area (Å²) in [6, 6.07) is 11.7. The maximum atomic E-state index is 12.0. The number of rotatable bonds is 7. The van der Waals surface area contributed by atoms with Crippen LogP contribution in [0.5, 0.6) is 0 Å². The first-order valence-corrected chi connectivity index (χ1v) is 9.76. The van der Waals surface area contributed by atoms with Crippen molar-refractivity contribution in [3.63, 3.8) is 0 Å². The number of nitrogens with one attached hydrogen (secondary N) is 2. The molecule has 0 aliphatic rings. The van der Waals surface area contributed by atoms with Crippen molar-refractivity contribution in [3.8, 4) is 11.3 Å². The topological polar surface area (TPSA) is 84.2 Å². The summed E-state index contributed by atoms with van der Waals surface area (Å²) in [5, 5.41) is 6.77. The molecule has 2 amide bonds. The summed E-state index contributed by atoms with van der Waals surface area (Å²) in [4.78, 5) is 28.0. The highest BCUT2D eigenvalue weighted by molar-refractivity contribution is 6.36. The van der Waals surface area contributed by atoms with Crippen molar-refractivity contribution in [1.82, 2.24) is 10.3 Å². The molecule has 0 saturated heterocycles. The molecule has 29 heavy (non-hydrogen) atoms. The number of anilines is 1. The molecule has 0 aliphatic carbocycles. The molecule has 1 heterocycles. The number of carbonyl (C=O) groups excluding carboxylic acids is 2. The minimum Gasteiger partial charge on any atom is -0.441 e. The van der Waals surface area contributed by atoms with E-state index in [1.807, 2.05) is 0 Å². The predicted octanol–water partition coefficient (Wildman–Crippen LogP) is 4.99. The number of carbonyl (C=O) groups is 2. The summed E-state index contributed by atoms with van der Waals surface area (Å²) >= 11 is 17.8. The summed E-state index contributed by atoms with van der Waals surface area (Å²) in [7, 11) is 0. The van der Waals surface area contributed by atoms with Gasteiger partial charge in [-0.3, -0.25) is 9.59 Å². The molecule has 1 aromatic heterocycles. The standard InChI is InChI=1S/C20H16Cl3N3O3/c21-12-1-4-14(5-2-12)26-19(28)11-24-18(27)7-8-20-25-10-17(29-20)15-6-3-13(22)9-16(15)23/h1-6,9-10H,7-8,11H2,(H,24,27)(H,26,28). The third-order valence-electron chi connectivity index (χ3n) is 3.89. The first kappa shape index (κ1) is 21.2. The Bertz CT molecular complexity index is 1020. The van der Waals surface area contributed by atoms with Crippen LogP contribution in [-0.2, 0) is 16.0 Å². The van der Waals surface area contributed by atoms with Crippen molar-refractivity contribution in [3.05, 3.63) is 69.6 Å². The van der Waals surface area contributed by atoms with Crippen molar-refractivity contribution >= 4 is 52.3 Å². The van der Waals surface area contributed by atoms with Crippen LogP contribution in [0, 0.1) is 0 Å². The van der Waals surface area contributed by atoms with Gasteiger partial charge < -0.3 is 15.1 Å². The summed E-state index contributed by atoms with van der Waals surface area (Å²) < 4.78 is 5.65. The molecular weight excluding hydrogens is 437 g/mol. The molecule has 0 aliphatic heterocycles. The van der Waals surface area contributed by atoms with Gasteiger partial charge >= 0.3 is 0 Å². The van der Waals surface area contributed by atoms with Crippen LogP contribution < -0.4 is 10.6 Å². The zero-order valence-corrected chi connectivity index (χ0v) is 17.3. The van der Waals surface area contributed by atoms with E-state index in [9.17, 15) is 9.59 Å². The highest BCUT2D eigenvalue weighted by Crippen LogP contribution is 2.30. The van der Waals surface area contributed by atoms with Gasteiger partial charge in [-0.1, -0.05) is 34.8 Å². The third kappa shape index (κ3) is 6.22. The zero-order chi connectivity index (χ0) is 20.8. The minimum atomic E-state index is -0.337. The van der Waals surface area contributed by atoms with Crippen molar-refractivity contribution < 1.29 is 14.0 Å². The van der Waals surface area contributed by atoms with E-state index < -0.39 is 0 Å². The van der Waals surface area contributed by atoms with Gasteiger partial charge in [0.15, 0.2) is 11.7 Å². The average Bonchev–Trinajstić information content (AvgIpc) is 3.15. The quantitative estimate of drug-likeness (QED) is 0.529. The van der Waals surface area contributed by atoms with Gasteiger partial charge in [0.1, 0.15) is 0 Å². The fourth-order valence-electron chi connectivity index (χ4n) is 2.47. The minimum absolute atomic E-state index is 0.128. The number of oxazole rings is 1. The largest absolute Gasteiger partial charge is 0.441 e. The van der Waals surface area contributed by atoms with Gasteiger partial charge in [0.05, 0.1) is 17.8 Å². The Morgan fingerprint density at radius 1 is 0.966 bits per heavy atom. The van der Waals surface area contributed by atoms with Crippen LogP contribution in [0.2, 0.25) is 15.1 Å². The monoisotopic (exact) mass is 451 g/mol. The van der Waals surface area contributed by atoms with Crippen LogP contribution in [0.4, 0.5) is 5.69 Å². The van der Waals surface area contributed by atoms with Crippen molar-refractivity contribution in [1.29, 1.82) is 0 Å². The van der Waals surface area contributed by atoms with Gasteiger partial charge in [-0.15, -0.1) is 0 Å². The second-order valence-corrected chi connectivity index (χ2v) is 7.35. The SMILES string of the molecule is O=C(CCc1ncc(-c2ccc(Cl)cc2Cl)o1)NCC(=O)Nc1ccc(Cl)cc1. The molecule has 2 N–H and O–H groups in total. The van der Waals surface area contributed by atoms with Gasteiger partial charge in [0, 0.05) is 34.1 Å². The fraction of sp³-hybridized carbons (Fsp3) is 0.150. The highest BCUT2D eigenvalue weighted by Gasteiger charge is 2.12. The van der Waals surface area contributed by atoms with E-state index in [1.54, 1.807) is 48.7 Å². The van der Waals surface area contributed by atoms with E-state index in [0.717, 1.165) is 0 Å². The molecule has 0 spiro atoms. The normalized spacial score (nSPS) is 10.6. The number of aromatic nitrogens is 1. The lowest BCUT2D eigenvalue weighted by Gasteiger charge is -2.06. The van der Waals surface area contributed by atoms with E-state index in [0.29, 0.717) is 38.0 Å². The number of benzene rings is 2. The van der Waals surface area contributed by atoms with Crippen molar-refractivity contribution in [2.75, 3.05) is 11.9 Å². The Balaban J connectivity index is 1.45. The Morgan fingerprint density at radius 3 is 2.41 bits per heavy atom. The molecule has 0 atom stereocenters. The van der Waals surface area contributed by atoms with Crippen LogP contribution in [-0.4, -0.2) is 23.3 Å². The Labute approximate surface area is 182 Å². The first-order chi connectivity index (χ1) is 13.9. The molecule has 3 rings (SSSR count). The number of hydrogen-bond acceptors (Lipinski definition) is 4. The molecule has 0 bridgehead atoms. The number of amides is 2. The Hall–Kier alpha value is -2.54. The van der Waals surface area contributed by atoms with E-state index >= 15 is 0 Å².